The summed E-state index contributed by atoms with van der Waals surface area (Å²) in [6.45, 7) is 4.64. The zero-order chi connectivity index (χ0) is 13.7. The number of ether oxygens (including phenoxy) is 1. The van der Waals surface area contributed by atoms with Crippen molar-refractivity contribution in [3.63, 3.8) is 0 Å². The van der Waals surface area contributed by atoms with Crippen LogP contribution >= 0.6 is 0 Å². The van der Waals surface area contributed by atoms with Gasteiger partial charge in [0, 0.05) is 25.7 Å². The summed E-state index contributed by atoms with van der Waals surface area (Å²) in [7, 11) is 1.98. The molecule has 4 nitrogen and oxygen atoms in total. The van der Waals surface area contributed by atoms with Crippen molar-refractivity contribution in [2.75, 3.05) is 26.8 Å². The second-order valence-corrected chi connectivity index (χ2v) is 5.93. The van der Waals surface area contributed by atoms with Gasteiger partial charge in [0.25, 0.3) is 0 Å². The molecule has 1 aliphatic carbocycles. The Labute approximate surface area is 116 Å². The van der Waals surface area contributed by atoms with Gasteiger partial charge in [-0.15, -0.1) is 0 Å². The van der Waals surface area contributed by atoms with Crippen LogP contribution in [0.15, 0.2) is 0 Å². The summed E-state index contributed by atoms with van der Waals surface area (Å²) in [5, 5.41) is 3.51. The molecule has 1 unspecified atom stereocenters. The van der Waals surface area contributed by atoms with Gasteiger partial charge in [-0.25, -0.2) is 0 Å². The summed E-state index contributed by atoms with van der Waals surface area (Å²) in [4.78, 5) is 14.4. The molecule has 110 valence electrons. The van der Waals surface area contributed by atoms with E-state index in [1.165, 1.54) is 12.8 Å². The molecule has 2 fully saturated rings. The molecule has 0 aromatic carbocycles. The van der Waals surface area contributed by atoms with E-state index in [1.807, 2.05) is 11.9 Å². The fourth-order valence-corrected chi connectivity index (χ4v) is 3.36. The van der Waals surface area contributed by atoms with Crippen LogP contribution in [0, 0.1) is 5.92 Å². The summed E-state index contributed by atoms with van der Waals surface area (Å²) < 4.78 is 5.43. The van der Waals surface area contributed by atoms with Gasteiger partial charge >= 0.3 is 0 Å². The number of nitrogens with zero attached hydrogens (tertiary/aromatic N) is 1. The van der Waals surface area contributed by atoms with Crippen molar-refractivity contribution in [3.8, 4) is 0 Å². The minimum atomic E-state index is 0.102. The minimum Gasteiger partial charge on any atom is -0.381 e. The van der Waals surface area contributed by atoms with E-state index in [2.05, 4.69) is 12.2 Å². The number of rotatable bonds is 4. The maximum absolute atomic E-state index is 12.4. The lowest BCUT2D eigenvalue weighted by molar-refractivity contribution is -0.141. The van der Waals surface area contributed by atoms with E-state index >= 15 is 0 Å². The summed E-state index contributed by atoms with van der Waals surface area (Å²) in [5.74, 6) is 0.400. The van der Waals surface area contributed by atoms with Crippen LogP contribution in [0.25, 0.3) is 0 Å². The lowest BCUT2D eigenvalue weighted by Crippen LogP contribution is -2.46. The standard InChI is InChI=1S/C15H28N2O2/c1-3-16-13-6-8-14(9-7-13)17(2)15(18)12-5-4-10-19-11-12/h12-14,16H,3-11H2,1-2H3. The highest BCUT2D eigenvalue weighted by atomic mass is 16.5. The molecule has 0 bridgehead atoms. The molecule has 2 rings (SSSR count). The van der Waals surface area contributed by atoms with Gasteiger partial charge in [-0.1, -0.05) is 6.92 Å². The normalized spacial score (nSPS) is 32.0. The average Bonchev–Trinajstić information content (AvgIpc) is 2.48. The summed E-state index contributed by atoms with van der Waals surface area (Å²) in [6, 6.07) is 1.09. The third-order valence-corrected chi connectivity index (χ3v) is 4.59. The average molecular weight is 268 g/mol. The van der Waals surface area contributed by atoms with Gasteiger partial charge in [0.15, 0.2) is 0 Å². The zero-order valence-corrected chi connectivity index (χ0v) is 12.4. The molecule has 2 aliphatic rings. The Hall–Kier alpha value is -0.610. The van der Waals surface area contributed by atoms with Crippen molar-refractivity contribution < 1.29 is 9.53 Å². The quantitative estimate of drug-likeness (QED) is 0.845. The molecule has 0 radical (unpaired) electrons. The highest BCUT2D eigenvalue weighted by Gasteiger charge is 2.30. The van der Waals surface area contributed by atoms with Crippen molar-refractivity contribution in [1.29, 1.82) is 0 Å². The lowest BCUT2D eigenvalue weighted by Gasteiger charge is -2.37. The van der Waals surface area contributed by atoms with Gasteiger partial charge in [0.05, 0.1) is 12.5 Å². The van der Waals surface area contributed by atoms with Crippen molar-refractivity contribution in [1.82, 2.24) is 10.2 Å². The van der Waals surface area contributed by atoms with Crippen LogP contribution in [0.5, 0.6) is 0 Å². The van der Waals surface area contributed by atoms with Crippen LogP contribution in [0.1, 0.15) is 45.4 Å². The molecule has 1 atom stereocenters. The monoisotopic (exact) mass is 268 g/mol. The molecule has 1 N–H and O–H groups in total. The Morgan fingerprint density at radius 2 is 2.00 bits per heavy atom. The zero-order valence-electron chi connectivity index (χ0n) is 12.4. The number of carbonyl (C=O) groups is 1. The van der Waals surface area contributed by atoms with Crippen molar-refractivity contribution in [3.05, 3.63) is 0 Å². The van der Waals surface area contributed by atoms with E-state index in [0.29, 0.717) is 24.6 Å². The van der Waals surface area contributed by atoms with E-state index in [1.54, 1.807) is 0 Å². The van der Waals surface area contributed by atoms with E-state index in [4.69, 9.17) is 4.74 Å². The van der Waals surface area contributed by atoms with E-state index in [0.717, 1.165) is 38.8 Å². The number of hydrogen-bond donors (Lipinski definition) is 1. The molecule has 1 amide bonds. The van der Waals surface area contributed by atoms with Gasteiger partial charge < -0.3 is 15.0 Å². The second kappa shape index (κ2) is 7.25. The highest BCUT2D eigenvalue weighted by Crippen LogP contribution is 2.25. The lowest BCUT2D eigenvalue weighted by atomic mass is 9.89. The van der Waals surface area contributed by atoms with Crippen molar-refractivity contribution in [2.45, 2.75) is 57.5 Å². The number of hydrogen-bond acceptors (Lipinski definition) is 3. The van der Waals surface area contributed by atoms with Crippen LogP contribution in [0.2, 0.25) is 0 Å². The number of carbonyl (C=O) groups excluding carboxylic acids is 1. The smallest absolute Gasteiger partial charge is 0.228 e. The molecule has 19 heavy (non-hydrogen) atoms. The minimum absolute atomic E-state index is 0.102. The molecule has 4 heteroatoms. The van der Waals surface area contributed by atoms with Crippen LogP contribution in [-0.2, 0) is 9.53 Å². The summed E-state index contributed by atoms with van der Waals surface area (Å²) in [6.07, 6.45) is 6.67. The first-order valence-electron chi connectivity index (χ1n) is 7.80. The molecule has 0 aromatic heterocycles. The fourth-order valence-electron chi connectivity index (χ4n) is 3.36. The predicted molar refractivity (Wildman–Crippen MR) is 76.0 cm³/mol. The van der Waals surface area contributed by atoms with Gasteiger partial charge in [-0.3, -0.25) is 4.79 Å². The first-order valence-corrected chi connectivity index (χ1v) is 7.80. The first-order chi connectivity index (χ1) is 9.22. The molecule has 1 saturated carbocycles. The Kier molecular flexibility index (Phi) is 5.64. The fraction of sp³-hybridized carbons (Fsp3) is 0.933. The van der Waals surface area contributed by atoms with Crippen LogP contribution in [0.4, 0.5) is 0 Å². The van der Waals surface area contributed by atoms with Gasteiger partial charge in [-0.2, -0.15) is 0 Å². The maximum atomic E-state index is 12.4. The molecule has 0 aromatic rings. The largest absolute Gasteiger partial charge is 0.381 e. The van der Waals surface area contributed by atoms with Crippen molar-refractivity contribution in [2.24, 2.45) is 5.92 Å². The SMILES string of the molecule is CCNC1CCC(N(C)C(=O)C2CCCOC2)CC1. The van der Waals surface area contributed by atoms with Gasteiger partial charge in [0.1, 0.15) is 0 Å². The Balaban J connectivity index is 1.79. The van der Waals surface area contributed by atoms with Gasteiger partial charge in [0.2, 0.25) is 5.91 Å². The summed E-state index contributed by atoms with van der Waals surface area (Å²) >= 11 is 0. The molecular weight excluding hydrogens is 240 g/mol. The van der Waals surface area contributed by atoms with Crippen LogP contribution in [-0.4, -0.2) is 49.7 Å². The Morgan fingerprint density at radius 3 is 2.58 bits per heavy atom. The maximum Gasteiger partial charge on any atom is 0.228 e. The third-order valence-electron chi connectivity index (χ3n) is 4.59. The molecular formula is C15H28N2O2. The topological polar surface area (TPSA) is 41.6 Å². The predicted octanol–water partition coefficient (Wildman–Crippen LogP) is 1.79. The number of amides is 1. The van der Waals surface area contributed by atoms with Gasteiger partial charge in [-0.05, 0) is 45.1 Å². The van der Waals surface area contributed by atoms with E-state index in [9.17, 15) is 4.79 Å². The number of nitrogens with one attached hydrogen (secondary N) is 1. The molecule has 1 saturated heterocycles. The Bertz CT molecular complexity index is 282. The van der Waals surface area contributed by atoms with E-state index < -0.39 is 0 Å². The van der Waals surface area contributed by atoms with E-state index in [-0.39, 0.29) is 5.92 Å². The molecule has 1 aliphatic heterocycles. The summed E-state index contributed by atoms with van der Waals surface area (Å²) in [5.41, 5.74) is 0. The van der Waals surface area contributed by atoms with Crippen LogP contribution < -0.4 is 5.32 Å². The second-order valence-electron chi connectivity index (χ2n) is 5.93. The van der Waals surface area contributed by atoms with Crippen molar-refractivity contribution >= 4 is 5.91 Å². The Morgan fingerprint density at radius 1 is 1.26 bits per heavy atom. The first kappa shape index (κ1) is 14.8. The van der Waals surface area contributed by atoms with Crippen LogP contribution in [0.3, 0.4) is 0 Å². The highest BCUT2D eigenvalue weighted by molar-refractivity contribution is 5.79. The third kappa shape index (κ3) is 3.93. The molecule has 1 heterocycles. The molecule has 0 spiro atoms.